The first-order valence-corrected chi connectivity index (χ1v) is 8.32. The van der Waals surface area contributed by atoms with Crippen LogP contribution in [0, 0.1) is 0 Å². The maximum Gasteiger partial charge on any atom is 0.417 e. The summed E-state index contributed by atoms with van der Waals surface area (Å²) in [6, 6.07) is 5.95. The highest BCUT2D eigenvalue weighted by Gasteiger charge is 2.31. The SMILES string of the molecule is O=c1ccc(C(F)(F)F)cn1CCCc1nc(-c2cccc(C(F)(F)F)c2)no1. The Morgan fingerprint density at radius 3 is 2.38 bits per heavy atom. The van der Waals surface area contributed by atoms with Crippen LogP contribution in [0.4, 0.5) is 26.3 Å². The van der Waals surface area contributed by atoms with E-state index >= 15 is 0 Å². The molecule has 2 heterocycles. The van der Waals surface area contributed by atoms with Gasteiger partial charge in [-0.2, -0.15) is 31.3 Å². The zero-order valence-corrected chi connectivity index (χ0v) is 14.6. The van der Waals surface area contributed by atoms with Gasteiger partial charge in [-0.15, -0.1) is 0 Å². The minimum atomic E-state index is -4.57. The third-order valence-corrected chi connectivity index (χ3v) is 4.02. The molecule has 0 amide bonds. The Bertz CT molecular complexity index is 1050. The standard InChI is InChI=1S/C18H13F6N3O2/c19-17(20,21)12-4-1-3-11(9-12)16-25-14(29-26-16)5-2-8-27-10-13(18(22,23)24)6-7-15(27)28/h1,3-4,6-7,9-10H,2,5,8H2. The maximum absolute atomic E-state index is 12.8. The topological polar surface area (TPSA) is 60.9 Å². The average Bonchev–Trinajstić information content (AvgIpc) is 3.11. The first-order chi connectivity index (χ1) is 13.5. The lowest BCUT2D eigenvalue weighted by Gasteiger charge is -2.10. The summed E-state index contributed by atoms with van der Waals surface area (Å²) in [5.74, 6) is 0.0553. The number of aryl methyl sites for hydroxylation is 2. The minimum Gasteiger partial charge on any atom is -0.339 e. The summed E-state index contributed by atoms with van der Waals surface area (Å²) in [5.41, 5.74) is -2.27. The zero-order chi connectivity index (χ0) is 21.2. The van der Waals surface area contributed by atoms with E-state index < -0.39 is 29.0 Å². The smallest absolute Gasteiger partial charge is 0.339 e. The van der Waals surface area contributed by atoms with E-state index in [-0.39, 0.29) is 36.7 Å². The van der Waals surface area contributed by atoms with Crippen LogP contribution in [0.5, 0.6) is 0 Å². The summed E-state index contributed by atoms with van der Waals surface area (Å²) in [4.78, 5) is 15.7. The molecular formula is C18H13F6N3O2. The number of alkyl halides is 6. The van der Waals surface area contributed by atoms with E-state index in [1.807, 2.05) is 0 Å². The van der Waals surface area contributed by atoms with Crippen LogP contribution in [0.25, 0.3) is 11.4 Å². The van der Waals surface area contributed by atoms with Crippen LogP contribution in [0.1, 0.15) is 23.4 Å². The Labute approximate surface area is 159 Å². The van der Waals surface area contributed by atoms with Crippen molar-refractivity contribution >= 4 is 0 Å². The summed E-state index contributed by atoms with van der Waals surface area (Å²) in [7, 11) is 0. The molecule has 0 saturated heterocycles. The highest BCUT2D eigenvalue weighted by Crippen LogP contribution is 2.31. The molecule has 0 atom stereocenters. The first-order valence-electron chi connectivity index (χ1n) is 8.32. The van der Waals surface area contributed by atoms with Gasteiger partial charge >= 0.3 is 12.4 Å². The Kier molecular flexibility index (Phi) is 5.49. The fourth-order valence-corrected chi connectivity index (χ4v) is 2.58. The molecule has 0 fully saturated rings. The molecule has 2 aromatic heterocycles. The van der Waals surface area contributed by atoms with Crippen LogP contribution in [0.15, 0.2) is 51.9 Å². The summed E-state index contributed by atoms with van der Waals surface area (Å²) < 4.78 is 82.5. The molecule has 11 heteroatoms. The zero-order valence-electron chi connectivity index (χ0n) is 14.6. The summed E-state index contributed by atoms with van der Waals surface area (Å²) in [6.45, 7) is -0.0238. The van der Waals surface area contributed by atoms with Gasteiger partial charge in [-0.3, -0.25) is 4.79 Å². The van der Waals surface area contributed by atoms with E-state index in [2.05, 4.69) is 10.1 Å². The molecule has 29 heavy (non-hydrogen) atoms. The molecule has 0 aliphatic carbocycles. The third-order valence-electron chi connectivity index (χ3n) is 4.02. The number of benzene rings is 1. The fourth-order valence-electron chi connectivity index (χ4n) is 2.58. The summed E-state index contributed by atoms with van der Waals surface area (Å²) in [5, 5.41) is 3.63. The monoisotopic (exact) mass is 417 g/mol. The van der Waals surface area contributed by atoms with Gasteiger partial charge in [-0.25, -0.2) is 0 Å². The normalized spacial score (nSPS) is 12.3. The number of aromatic nitrogens is 3. The predicted octanol–water partition coefficient (Wildman–Crippen LogP) is 4.57. The fraction of sp³-hybridized carbons (Fsp3) is 0.278. The number of hydrogen-bond donors (Lipinski definition) is 0. The minimum absolute atomic E-state index is 0.0238. The molecule has 0 saturated carbocycles. The third kappa shape index (κ3) is 5.04. The molecule has 0 aliphatic heterocycles. The number of pyridine rings is 1. The van der Waals surface area contributed by atoms with E-state index in [1.54, 1.807) is 0 Å². The molecule has 0 radical (unpaired) electrons. The van der Waals surface area contributed by atoms with Crippen LogP contribution < -0.4 is 5.56 Å². The lowest BCUT2D eigenvalue weighted by Crippen LogP contribution is -2.21. The van der Waals surface area contributed by atoms with Gasteiger partial charge in [0.2, 0.25) is 11.7 Å². The Morgan fingerprint density at radius 1 is 0.966 bits per heavy atom. The average molecular weight is 417 g/mol. The van der Waals surface area contributed by atoms with Crippen molar-refractivity contribution in [1.82, 2.24) is 14.7 Å². The van der Waals surface area contributed by atoms with Crippen molar-refractivity contribution in [2.75, 3.05) is 0 Å². The number of halogens is 6. The Hall–Kier alpha value is -3.11. The van der Waals surface area contributed by atoms with Gasteiger partial charge < -0.3 is 9.09 Å². The molecule has 0 aliphatic rings. The van der Waals surface area contributed by atoms with Gasteiger partial charge in [0.15, 0.2) is 0 Å². The second kappa shape index (κ2) is 7.72. The lowest BCUT2D eigenvalue weighted by atomic mass is 10.1. The lowest BCUT2D eigenvalue weighted by molar-refractivity contribution is -0.138. The number of hydrogen-bond acceptors (Lipinski definition) is 4. The molecule has 0 bridgehead atoms. The van der Waals surface area contributed by atoms with Crippen molar-refractivity contribution in [2.24, 2.45) is 0 Å². The second-order valence-corrected chi connectivity index (χ2v) is 6.14. The van der Waals surface area contributed by atoms with Gasteiger partial charge in [-0.1, -0.05) is 17.3 Å². The largest absolute Gasteiger partial charge is 0.417 e. The number of nitrogens with zero attached hydrogens (tertiary/aromatic N) is 3. The predicted molar refractivity (Wildman–Crippen MR) is 88.8 cm³/mol. The van der Waals surface area contributed by atoms with Gasteiger partial charge in [0, 0.05) is 30.8 Å². The number of rotatable bonds is 5. The van der Waals surface area contributed by atoms with Crippen molar-refractivity contribution in [3.63, 3.8) is 0 Å². The van der Waals surface area contributed by atoms with E-state index in [0.717, 1.165) is 29.0 Å². The van der Waals surface area contributed by atoms with Crippen molar-refractivity contribution in [3.8, 4) is 11.4 Å². The first kappa shape index (κ1) is 20.6. The molecule has 5 nitrogen and oxygen atoms in total. The summed E-state index contributed by atoms with van der Waals surface area (Å²) >= 11 is 0. The Morgan fingerprint density at radius 2 is 1.69 bits per heavy atom. The maximum atomic E-state index is 12.8. The molecule has 3 rings (SSSR count). The highest BCUT2D eigenvalue weighted by atomic mass is 19.4. The Balaban J connectivity index is 1.67. The van der Waals surface area contributed by atoms with Crippen molar-refractivity contribution < 1.29 is 30.9 Å². The van der Waals surface area contributed by atoms with E-state index in [0.29, 0.717) is 6.07 Å². The van der Waals surface area contributed by atoms with E-state index in [1.165, 1.54) is 12.1 Å². The van der Waals surface area contributed by atoms with Crippen LogP contribution in [-0.2, 0) is 25.3 Å². The molecule has 3 aromatic rings. The van der Waals surface area contributed by atoms with Crippen LogP contribution in [0.2, 0.25) is 0 Å². The van der Waals surface area contributed by atoms with Gasteiger partial charge in [0.1, 0.15) is 0 Å². The van der Waals surface area contributed by atoms with Crippen molar-refractivity contribution in [1.29, 1.82) is 0 Å². The van der Waals surface area contributed by atoms with Crippen molar-refractivity contribution in [2.45, 2.75) is 31.7 Å². The van der Waals surface area contributed by atoms with E-state index in [4.69, 9.17) is 4.52 Å². The van der Waals surface area contributed by atoms with Crippen molar-refractivity contribution in [3.05, 3.63) is 70.0 Å². The molecule has 0 unspecified atom stereocenters. The summed E-state index contributed by atoms with van der Waals surface area (Å²) in [6.07, 6.45) is -8.01. The molecular weight excluding hydrogens is 404 g/mol. The highest BCUT2D eigenvalue weighted by molar-refractivity contribution is 5.55. The van der Waals surface area contributed by atoms with Crippen LogP contribution in [0.3, 0.4) is 0 Å². The van der Waals surface area contributed by atoms with Crippen LogP contribution in [-0.4, -0.2) is 14.7 Å². The van der Waals surface area contributed by atoms with Gasteiger partial charge in [-0.05, 0) is 24.6 Å². The van der Waals surface area contributed by atoms with E-state index in [9.17, 15) is 31.1 Å². The molecule has 0 N–H and O–H groups in total. The second-order valence-electron chi connectivity index (χ2n) is 6.14. The van der Waals surface area contributed by atoms with Crippen LogP contribution >= 0.6 is 0 Å². The quantitative estimate of drug-likeness (QED) is 0.571. The molecule has 1 aromatic carbocycles. The van der Waals surface area contributed by atoms with Gasteiger partial charge in [0.05, 0.1) is 11.1 Å². The van der Waals surface area contributed by atoms with Gasteiger partial charge in [0.25, 0.3) is 5.56 Å². The molecule has 154 valence electrons. The molecule has 0 spiro atoms.